The van der Waals surface area contributed by atoms with Gasteiger partial charge in [0.2, 0.25) is 0 Å². The first kappa shape index (κ1) is 11.4. The van der Waals surface area contributed by atoms with Crippen molar-refractivity contribution in [2.24, 2.45) is 0 Å². The molecule has 0 radical (unpaired) electrons. The zero-order valence-electron chi connectivity index (χ0n) is 10.2. The number of likely N-dealkylation sites (N-methyl/N-ethyl adjacent to an activating group) is 1. The second kappa shape index (κ2) is 5.86. The van der Waals surface area contributed by atoms with Crippen LogP contribution >= 0.6 is 0 Å². The van der Waals surface area contributed by atoms with Crippen molar-refractivity contribution in [3.05, 3.63) is 0 Å². The molecule has 2 heteroatoms. The van der Waals surface area contributed by atoms with E-state index in [-0.39, 0.29) is 0 Å². The minimum Gasteiger partial charge on any atom is -0.302 e. The molecule has 88 valence electrons. The summed E-state index contributed by atoms with van der Waals surface area (Å²) < 4.78 is 0. The van der Waals surface area contributed by atoms with Crippen LogP contribution in [-0.2, 0) is 0 Å². The molecule has 0 aromatic rings. The number of rotatable bonds is 3. The van der Waals surface area contributed by atoms with E-state index in [0.717, 1.165) is 6.04 Å². The van der Waals surface area contributed by atoms with Crippen LogP contribution < -0.4 is 0 Å². The van der Waals surface area contributed by atoms with Gasteiger partial charge in [0, 0.05) is 12.6 Å². The number of hydrogen-bond donors (Lipinski definition) is 0. The van der Waals surface area contributed by atoms with Crippen LogP contribution in [0.5, 0.6) is 0 Å². The topological polar surface area (TPSA) is 6.48 Å². The second-order valence-electron chi connectivity index (χ2n) is 5.14. The molecule has 2 saturated heterocycles. The van der Waals surface area contributed by atoms with E-state index in [2.05, 4.69) is 16.7 Å². The largest absolute Gasteiger partial charge is 0.302 e. The van der Waals surface area contributed by atoms with Gasteiger partial charge in [0.15, 0.2) is 0 Å². The quantitative estimate of drug-likeness (QED) is 0.705. The Hall–Kier alpha value is -0.0800. The summed E-state index contributed by atoms with van der Waals surface area (Å²) in [6.45, 7) is 8.96. The van der Waals surface area contributed by atoms with Crippen LogP contribution in [0.15, 0.2) is 0 Å². The van der Waals surface area contributed by atoms with Crippen LogP contribution in [0.2, 0.25) is 0 Å². The molecular weight excluding hydrogens is 184 g/mol. The van der Waals surface area contributed by atoms with Crippen LogP contribution in [-0.4, -0.2) is 48.6 Å². The van der Waals surface area contributed by atoms with Gasteiger partial charge < -0.3 is 4.90 Å². The van der Waals surface area contributed by atoms with E-state index in [1.807, 2.05) is 0 Å². The Bertz CT molecular complexity index is 175. The van der Waals surface area contributed by atoms with Gasteiger partial charge in [0.05, 0.1) is 0 Å². The van der Waals surface area contributed by atoms with Crippen molar-refractivity contribution in [2.75, 3.05) is 32.7 Å². The standard InChI is InChI=1S/C13H26N2/c1-2-15-11-7-4-8-13(15)12-14-9-5-3-6-10-14/h13H,2-12H2,1H3. The molecule has 0 N–H and O–H groups in total. The second-order valence-corrected chi connectivity index (χ2v) is 5.14. The lowest BCUT2D eigenvalue weighted by molar-refractivity contribution is 0.1000. The van der Waals surface area contributed by atoms with E-state index < -0.39 is 0 Å². The predicted molar refractivity (Wildman–Crippen MR) is 65.2 cm³/mol. The molecule has 0 aromatic carbocycles. The SMILES string of the molecule is CCN1CCCCC1CN1CCCCC1. The molecule has 2 aliphatic heterocycles. The molecule has 2 nitrogen and oxygen atoms in total. The third kappa shape index (κ3) is 3.18. The number of piperidine rings is 2. The summed E-state index contributed by atoms with van der Waals surface area (Å²) in [7, 11) is 0. The van der Waals surface area contributed by atoms with E-state index in [0.29, 0.717) is 0 Å². The number of hydrogen-bond acceptors (Lipinski definition) is 2. The summed E-state index contributed by atoms with van der Waals surface area (Å²) in [5, 5.41) is 0. The molecule has 2 aliphatic rings. The molecule has 0 spiro atoms. The van der Waals surface area contributed by atoms with Gasteiger partial charge >= 0.3 is 0 Å². The highest BCUT2D eigenvalue weighted by atomic mass is 15.2. The zero-order valence-corrected chi connectivity index (χ0v) is 10.2. The van der Waals surface area contributed by atoms with E-state index in [1.165, 1.54) is 71.2 Å². The third-order valence-electron chi connectivity index (χ3n) is 4.07. The van der Waals surface area contributed by atoms with Crippen molar-refractivity contribution in [2.45, 2.75) is 51.5 Å². The summed E-state index contributed by atoms with van der Waals surface area (Å²) in [5.74, 6) is 0. The Kier molecular flexibility index (Phi) is 4.45. The normalized spacial score (nSPS) is 30.6. The van der Waals surface area contributed by atoms with Crippen molar-refractivity contribution in [1.82, 2.24) is 9.80 Å². The van der Waals surface area contributed by atoms with E-state index >= 15 is 0 Å². The van der Waals surface area contributed by atoms with Gasteiger partial charge in [0.1, 0.15) is 0 Å². The Morgan fingerprint density at radius 2 is 1.67 bits per heavy atom. The highest BCUT2D eigenvalue weighted by molar-refractivity contribution is 4.80. The molecule has 2 fully saturated rings. The number of likely N-dealkylation sites (tertiary alicyclic amines) is 2. The van der Waals surface area contributed by atoms with E-state index in [9.17, 15) is 0 Å². The summed E-state index contributed by atoms with van der Waals surface area (Å²) in [4.78, 5) is 5.39. The fourth-order valence-electron chi connectivity index (χ4n) is 3.12. The molecule has 15 heavy (non-hydrogen) atoms. The Morgan fingerprint density at radius 3 is 2.40 bits per heavy atom. The van der Waals surface area contributed by atoms with Crippen LogP contribution in [0.1, 0.15) is 45.4 Å². The van der Waals surface area contributed by atoms with Gasteiger partial charge in [-0.1, -0.05) is 19.8 Å². The van der Waals surface area contributed by atoms with Crippen molar-refractivity contribution in [1.29, 1.82) is 0 Å². The first-order valence-electron chi connectivity index (χ1n) is 6.86. The molecule has 2 heterocycles. The van der Waals surface area contributed by atoms with E-state index in [1.54, 1.807) is 0 Å². The van der Waals surface area contributed by atoms with Crippen molar-refractivity contribution in [3.63, 3.8) is 0 Å². The molecule has 0 bridgehead atoms. The molecule has 0 aromatic heterocycles. The predicted octanol–water partition coefficient (Wildman–Crippen LogP) is 2.35. The average molecular weight is 210 g/mol. The van der Waals surface area contributed by atoms with E-state index in [4.69, 9.17) is 0 Å². The monoisotopic (exact) mass is 210 g/mol. The minimum absolute atomic E-state index is 0.863. The molecule has 1 unspecified atom stereocenters. The van der Waals surface area contributed by atoms with Gasteiger partial charge in [-0.05, 0) is 51.9 Å². The lowest BCUT2D eigenvalue weighted by atomic mass is 10.0. The van der Waals surface area contributed by atoms with Gasteiger partial charge in [-0.15, -0.1) is 0 Å². The highest BCUT2D eigenvalue weighted by Gasteiger charge is 2.23. The molecule has 0 amide bonds. The maximum Gasteiger partial charge on any atom is 0.0223 e. The van der Waals surface area contributed by atoms with Gasteiger partial charge in [-0.25, -0.2) is 0 Å². The molecule has 1 atom stereocenters. The molecule has 2 rings (SSSR count). The number of nitrogens with zero attached hydrogens (tertiary/aromatic N) is 2. The Morgan fingerprint density at radius 1 is 0.933 bits per heavy atom. The maximum absolute atomic E-state index is 2.70. The minimum atomic E-state index is 0.863. The maximum atomic E-state index is 2.70. The lowest BCUT2D eigenvalue weighted by Crippen LogP contribution is -2.47. The molecule has 0 saturated carbocycles. The first-order valence-corrected chi connectivity index (χ1v) is 6.86. The Labute approximate surface area is 94.6 Å². The van der Waals surface area contributed by atoms with Crippen molar-refractivity contribution >= 4 is 0 Å². The van der Waals surface area contributed by atoms with Crippen LogP contribution in [0.4, 0.5) is 0 Å². The highest BCUT2D eigenvalue weighted by Crippen LogP contribution is 2.19. The molecular formula is C13H26N2. The third-order valence-corrected chi connectivity index (χ3v) is 4.07. The molecule has 0 aliphatic carbocycles. The summed E-state index contributed by atoms with van der Waals surface area (Å²) >= 11 is 0. The van der Waals surface area contributed by atoms with Crippen molar-refractivity contribution < 1.29 is 0 Å². The lowest BCUT2D eigenvalue weighted by Gasteiger charge is -2.39. The fraction of sp³-hybridized carbons (Fsp3) is 1.00. The van der Waals surface area contributed by atoms with Crippen LogP contribution in [0.3, 0.4) is 0 Å². The van der Waals surface area contributed by atoms with Crippen molar-refractivity contribution in [3.8, 4) is 0 Å². The average Bonchev–Trinajstić information content (AvgIpc) is 2.31. The summed E-state index contributed by atoms with van der Waals surface area (Å²) in [6, 6.07) is 0.863. The van der Waals surface area contributed by atoms with Gasteiger partial charge in [0.25, 0.3) is 0 Å². The summed E-state index contributed by atoms with van der Waals surface area (Å²) in [6.07, 6.45) is 8.63. The smallest absolute Gasteiger partial charge is 0.0223 e. The van der Waals surface area contributed by atoms with Gasteiger partial charge in [-0.3, -0.25) is 4.90 Å². The van der Waals surface area contributed by atoms with Crippen LogP contribution in [0.25, 0.3) is 0 Å². The van der Waals surface area contributed by atoms with Crippen LogP contribution in [0, 0.1) is 0 Å². The Balaban J connectivity index is 1.79. The summed E-state index contributed by atoms with van der Waals surface area (Å²) in [5.41, 5.74) is 0. The first-order chi connectivity index (χ1) is 7.40. The zero-order chi connectivity index (χ0) is 10.5. The fourth-order valence-corrected chi connectivity index (χ4v) is 3.12. The van der Waals surface area contributed by atoms with Gasteiger partial charge in [-0.2, -0.15) is 0 Å².